The van der Waals surface area contributed by atoms with Gasteiger partial charge >= 0.3 is 0 Å². The maximum absolute atomic E-state index is 9.57. The summed E-state index contributed by atoms with van der Waals surface area (Å²) in [7, 11) is 0. The molecule has 158 valence electrons. The minimum absolute atomic E-state index is 0.667. The van der Waals surface area contributed by atoms with Gasteiger partial charge in [0.25, 0.3) is 0 Å². The Morgan fingerprint density at radius 2 is 1.32 bits per heavy atom. The number of nitriles is 1. The van der Waals surface area contributed by atoms with E-state index < -0.39 is 0 Å². The summed E-state index contributed by atoms with van der Waals surface area (Å²) in [6.45, 7) is 0. The first-order chi connectivity index (χ1) is 16.8. The molecule has 0 radical (unpaired) electrons. The van der Waals surface area contributed by atoms with Gasteiger partial charge in [0.1, 0.15) is 0 Å². The zero-order valence-electron chi connectivity index (χ0n) is 18.2. The molecule has 0 unspecified atom stereocenters. The molecule has 0 atom stereocenters. The topological polar surface area (TPSA) is 28.7 Å². The van der Waals surface area contributed by atoms with Crippen molar-refractivity contribution in [3.05, 3.63) is 115 Å². The second kappa shape index (κ2) is 7.31. The van der Waals surface area contributed by atoms with Crippen LogP contribution in [0.3, 0.4) is 0 Å². The first kappa shape index (κ1) is 19.1. The predicted octanol–water partition coefficient (Wildman–Crippen LogP) is 8.69. The molecule has 2 aromatic heterocycles. The molecular weight excluding hydrogens is 432 g/mol. The van der Waals surface area contributed by atoms with Gasteiger partial charge in [-0.05, 0) is 48.0 Å². The molecular formula is C31H18N2S. The molecule has 0 fully saturated rings. The summed E-state index contributed by atoms with van der Waals surface area (Å²) in [5.41, 5.74) is 6.33. The number of rotatable bonds is 2. The summed E-state index contributed by atoms with van der Waals surface area (Å²) >= 11 is 1.84. The molecule has 0 amide bonds. The van der Waals surface area contributed by atoms with Crippen LogP contribution in [0, 0.1) is 11.3 Å². The number of thiophene rings is 1. The fourth-order valence-corrected chi connectivity index (χ4v) is 6.19. The van der Waals surface area contributed by atoms with Crippen molar-refractivity contribution in [3.8, 4) is 22.9 Å². The Kier molecular flexibility index (Phi) is 4.11. The molecule has 0 aliphatic rings. The van der Waals surface area contributed by atoms with Crippen LogP contribution >= 0.6 is 11.3 Å². The van der Waals surface area contributed by atoms with Gasteiger partial charge in [-0.25, -0.2) is 0 Å². The van der Waals surface area contributed by atoms with Gasteiger partial charge in [0, 0.05) is 36.5 Å². The van der Waals surface area contributed by atoms with E-state index >= 15 is 0 Å². The van der Waals surface area contributed by atoms with Crippen molar-refractivity contribution in [1.29, 1.82) is 5.26 Å². The van der Waals surface area contributed by atoms with Crippen LogP contribution in [0.5, 0.6) is 0 Å². The zero-order valence-corrected chi connectivity index (χ0v) is 19.0. The Hall–Kier alpha value is -4.39. The van der Waals surface area contributed by atoms with Crippen LogP contribution in [0.2, 0.25) is 0 Å². The van der Waals surface area contributed by atoms with Crippen molar-refractivity contribution < 1.29 is 0 Å². The van der Waals surface area contributed by atoms with Crippen LogP contribution < -0.4 is 0 Å². The van der Waals surface area contributed by atoms with Gasteiger partial charge < -0.3 is 4.57 Å². The average molecular weight is 451 g/mol. The molecule has 2 nitrogen and oxygen atoms in total. The lowest BCUT2D eigenvalue weighted by Crippen LogP contribution is -1.97. The SMILES string of the molecule is N#Cc1ccc2c3ccccc3n(-c3ccccc3-c3ccc4sc5ccccc5c4c3)c2c1. The number of fused-ring (bicyclic) bond motifs is 6. The van der Waals surface area contributed by atoms with Crippen LogP contribution in [0.25, 0.3) is 58.8 Å². The third-order valence-electron chi connectivity index (χ3n) is 6.64. The number of nitrogens with zero attached hydrogens (tertiary/aromatic N) is 2. The Morgan fingerprint density at radius 1 is 0.588 bits per heavy atom. The number of hydrogen-bond acceptors (Lipinski definition) is 2. The molecule has 5 aromatic carbocycles. The van der Waals surface area contributed by atoms with Crippen molar-refractivity contribution in [2.75, 3.05) is 0 Å². The van der Waals surface area contributed by atoms with E-state index in [0.29, 0.717) is 5.56 Å². The van der Waals surface area contributed by atoms with E-state index in [0.717, 1.165) is 22.1 Å². The molecule has 0 aliphatic carbocycles. The van der Waals surface area contributed by atoms with Gasteiger partial charge in [-0.3, -0.25) is 0 Å². The van der Waals surface area contributed by atoms with E-state index in [4.69, 9.17) is 0 Å². The van der Waals surface area contributed by atoms with Crippen molar-refractivity contribution in [2.45, 2.75) is 0 Å². The van der Waals surface area contributed by atoms with Crippen LogP contribution in [0.4, 0.5) is 0 Å². The standard InChI is InChI=1S/C31H18N2S/c32-19-20-13-15-24-23-8-2-5-11-28(23)33(29(24)17-20)27-10-4-1-7-22(27)21-14-16-31-26(18-21)25-9-3-6-12-30(25)34-31/h1-18H. The third-order valence-corrected chi connectivity index (χ3v) is 7.79. The van der Waals surface area contributed by atoms with Crippen LogP contribution in [-0.4, -0.2) is 4.57 Å². The highest BCUT2D eigenvalue weighted by atomic mass is 32.1. The summed E-state index contributed by atoms with van der Waals surface area (Å²) in [6.07, 6.45) is 0. The number of hydrogen-bond donors (Lipinski definition) is 0. The Labute approximate surface area is 200 Å². The van der Waals surface area contributed by atoms with Crippen molar-refractivity contribution in [1.82, 2.24) is 4.57 Å². The predicted molar refractivity (Wildman–Crippen MR) is 144 cm³/mol. The fraction of sp³-hybridized carbons (Fsp3) is 0. The molecule has 0 bridgehead atoms. The minimum Gasteiger partial charge on any atom is -0.309 e. The lowest BCUT2D eigenvalue weighted by atomic mass is 10.0. The lowest BCUT2D eigenvalue weighted by molar-refractivity contribution is 1.18. The largest absolute Gasteiger partial charge is 0.309 e. The normalized spacial score (nSPS) is 11.5. The van der Waals surface area contributed by atoms with E-state index in [1.165, 1.54) is 36.7 Å². The molecule has 0 saturated carbocycles. The maximum Gasteiger partial charge on any atom is 0.0992 e. The Balaban J connectivity index is 1.55. The first-order valence-electron chi connectivity index (χ1n) is 11.3. The molecule has 3 heteroatoms. The van der Waals surface area contributed by atoms with E-state index in [1.807, 2.05) is 23.5 Å². The summed E-state index contributed by atoms with van der Waals surface area (Å²) in [5.74, 6) is 0. The Bertz CT molecular complexity index is 1930. The van der Waals surface area contributed by atoms with E-state index in [-0.39, 0.29) is 0 Å². The molecule has 0 aliphatic heterocycles. The van der Waals surface area contributed by atoms with E-state index in [2.05, 4.69) is 108 Å². The van der Waals surface area contributed by atoms with Gasteiger partial charge in [0.2, 0.25) is 0 Å². The number of benzene rings is 5. The summed E-state index contributed by atoms with van der Waals surface area (Å²) in [4.78, 5) is 0. The monoisotopic (exact) mass is 450 g/mol. The smallest absolute Gasteiger partial charge is 0.0992 e. The average Bonchev–Trinajstić information content (AvgIpc) is 3.43. The number of para-hydroxylation sites is 2. The van der Waals surface area contributed by atoms with Gasteiger partial charge in [0.15, 0.2) is 0 Å². The van der Waals surface area contributed by atoms with Gasteiger partial charge in [-0.1, -0.05) is 66.7 Å². The van der Waals surface area contributed by atoms with Gasteiger partial charge in [-0.15, -0.1) is 11.3 Å². The molecule has 0 spiro atoms. The molecule has 7 aromatic rings. The minimum atomic E-state index is 0.667. The van der Waals surface area contributed by atoms with E-state index in [1.54, 1.807) is 0 Å². The first-order valence-corrected chi connectivity index (χ1v) is 12.1. The summed E-state index contributed by atoms with van der Waals surface area (Å²) in [6, 6.07) is 40.7. The zero-order chi connectivity index (χ0) is 22.6. The summed E-state index contributed by atoms with van der Waals surface area (Å²) < 4.78 is 4.92. The second-order valence-corrected chi connectivity index (χ2v) is 9.61. The molecule has 0 N–H and O–H groups in total. The quantitative estimate of drug-likeness (QED) is 0.259. The molecule has 0 saturated heterocycles. The van der Waals surface area contributed by atoms with Crippen molar-refractivity contribution in [2.24, 2.45) is 0 Å². The van der Waals surface area contributed by atoms with Crippen molar-refractivity contribution >= 4 is 53.3 Å². The third kappa shape index (κ3) is 2.73. The van der Waals surface area contributed by atoms with E-state index in [9.17, 15) is 5.26 Å². The van der Waals surface area contributed by atoms with Gasteiger partial charge in [-0.2, -0.15) is 5.26 Å². The highest BCUT2D eigenvalue weighted by molar-refractivity contribution is 7.25. The fourth-order valence-electron chi connectivity index (χ4n) is 5.11. The van der Waals surface area contributed by atoms with Crippen LogP contribution in [0.1, 0.15) is 5.56 Å². The molecule has 34 heavy (non-hydrogen) atoms. The van der Waals surface area contributed by atoms with Crippen LogP contribution in [0.15, 0.2) is 109 Å². The maximum atomic E-state index is 9.57. The molecule has 7 rings (SSSR count). The van der Waals surface area contributed by atoms with Crippen LogP contribution in [-0.2, 0) is 0 Å². The van der Waals surface area contributed by atoms with Crippen molar-refractivity contribution in [3.63, 3.8) is 0 Å². The molecule has 2 heterocycles. The van der Waals surface area contributed by atoms with Gasteiger partial charge in [0.05, 0.1) is 28.4 Å². The lowest BCUT2D eigenvalue weighted by Gasteiger charge is -2.14. The second-order valence-electron chi connectivity index (χ2n) is 8.52. The Morgan fingerprint density at radius 3 is 2.24 bits per heavy atom. The summed E-state index contributed by atoms with van der Waals surface area (Å²) in [5, 5.41) is 14.5. The highest BCUT2D eigenvalue weighted by Crippen LogP contribution is 2.39. The highest BCUT2D eigenvalue weighted by Gasteiger charge is 2.16. The number of aromatic nitrogens is 1.